The van der Waals surface area contributed by atoms with Crippen molar-refractivity contribution in [1.82, 2.24) is 29.6 Å². The molecule has 4 rings (SSSR count). The molecule has 0 saturated heterocycles. The molecule has 0 atom stereocenters. The lowest BCUT2D eigenvalue weighted by molar-refractivity contribution is 0.747. The van der Waals surface area contributed by atoms with E-state index in [0.29, 0.717) is 22.3 Å². The highest BCUT2D eigenvalue weighted by Crippen LogP contribution is 2.25. The van der Waals surface area contributed by atoms with Gasteiger partial charge in [-0.1, -0.05) is 36.0 Å². The first-order valence-corrected chi connectivity index (χ1v) is 9.49. The monoisotopic (exact) mass is 378 g/mol. The Hall–Kier alpha value is -3.00. The Morgan fingerprint density at radius 1 is 1.04 bits per heavy atom. The summed E-state index contributed by atoms with van der Waals surface area (Å²) in [6.45, 7) is 6.01. The summed E-state index contributed by atoms with van der Waals surface area (Å²) in [5, 5.41) is 12.8. The van der Waals surface area contributed by atoms with Crippen LogP contribution in [0.3, 0.4) is 0 Å². The molecule has 0 unspecified atom stereocenters. The van der Waals surface area contributed by atoms with Gasteiger partial charge in [0.15, 0.2) is 0 Å². The van der Waals surface area contributed by atoms with E-state index >= 15 is 0 Å². The quantitative estimate of drug-likeness (QED) is 0.508. The van der Waals surface area contributed by atoms with Gasteiger partial charge in [0.05, 0.1) is 11.4 Å². The Morgan fingerprint density at radius 2 is 1.78 bits per heavy atom. The summed E-state index contributed by atoms with van der Waals surface area (Å²) in [5.74, 6) is 0.505. The normalized spacial score (nSPS) is 11.2. The fourth-order valence-electron chi connectivity index (χ4n) is 3.07. The highest BCUT2D eigenvalue weighted by atomic mass is 32.2. The molecule has 0 aliphatic heterocycles. The zero-order chi connectivity index (χ0) is 19.0. The first-order chi connectivity index (χ1) is 13.0. The second kappa shape index (κ2) is 6.96. The Kier molecular flexibility index (Phi) is 4.49. The van der Waals surface area contributed by atoms with E-state index in [2.05, 4.69) is 20.5 Å². The number of benzene rings is 1. The summed E-state index contributed by atoms with van der Waals surface area (Å²) in [5.41, 5.74) is 5.43. The molecule has 0 bridgehead atoms. The number of pyridine rings is 1. The molecule has 1 aromatic carbocycles. The lowest BCUT2D eigenvalue weighted by atomic mass is 10.1. The largest absolute Gasteiger partial charge is 0.269 e. The molecule has 3 aromatic heterocycles. The van der Waals surface area contributed by atoms with Crippen molar-refractivity contribution in [3.8, 4) is 5.69 Å². The third kappa shape index (κ3) is 3.23. The molecule has 8 heteroatoms. The molecular weight excluding hydrogens is 360 g/mol. The number of nitrogens with zero attached hydrogens (tertiary/aromatic N) is 6. The Balaban J connectivity index is 1.66. The minimum atomic E-state index is -0.0892. The molecule has 0 saturated carbocycles. The van der Waals surface area contributed by atoms with Crippen LogP contribution in [0.25, 0.3) is 11.3 Å². The van der Waals surface area contributed by atoms with E-state index < -0.39 is 0 Å². The molecule has 0 fully saturated rings. The second-order valence-electron chi connectivity index (χ2n) is 6.37. The van der Waals surface area contributed by atoms with Crippen molar-refractivity contribution in [3.05, 3.63) is 75.3 Å². The number of aromatic nitrogens is 6. The maximum Gasteiger partial charge on any atom is 0.258 e. The van der Waals surface area contributed by atoms with Gasteiger partial charge in [-0.3, -0.25) is 9.20 Å². The van der Waals surface area contributed by atoms with Crippen LogP contribution in [-0.2, 0) is 5.75 Å². The number of aryl methyl sites for hydroxylation is 3. The summed E-state index contributed by atoms with van der Waals surface area (Å²) in [6.07, 6.45) is 1.73. The molecule has 0 N–H and O–H groups in total. The van der Waals surface area contributed by atoms with Crippen molar-refractivity contribution < 1.29 is 0 Å². The van der Waals surface area contributed by atoms with Gasteiger partial charge in [0.2, 0.25) is 5.16 Å². The van der Waals surface area contributed by atoms with E-state index in [1.807, 2.05) is 51.1 Å². The minimum absolute atomic E-state index is 0.0892. The van der Waals surface area contributed by atoms with Gasteiger partial charge in [-0.25, -0.2) is 4.98 Å². The molecule has 0 amide bonds. The summed E-state index contributed by atoms with van der Waals surface area (Å²) in [4.78, 5) is 17.0. The average molecular weight is 378 g/mol. The second-order valence-corrected chi connectivity index (χ2v) is 7.32. The number of hydrogen-bond donors (Lipinski definition) is 0. The zero-order valence-corrected chi connectivity index (χ0v) is 16.1. The predicted octanol–water partition coefficient (Wildman–Crippen LogP) is 2.89. The smallest absolute Gasteiger partial charge is 0.258 e. The van der Waals surface area contributed by atoms with Crippen LogP contribution in [0, 0.1) is 20.8 Å². The Morgan fingerprint density at radius 3 is 2.56 bits per heavy atom. The minimum Gasteiger partial charge on any atom is -0.269 e. The summed E-state index contributed by atoms with van der Waals surface area (Å²) in [7, 11) is 0. The first-order valence-electron chi connectivity index (χ1n) is 8.50. The Bertz CT molecular complexity index is 1180. The number of thioether (sulfide) groups is 1. The molecule has 27 heavy (non-hydrogen) atoms. The molecule has 0 spiro atoms. The van der Waals surface area contributed by atoms with Gasteiger partial charge < -0.3 is 0 Å². The highest BCUT2D eigenvalue weighted by Gasteiger charge is 2.14. The van der Waals surface area contributed by atoms with Gasteiger partial charge in [0, 0.05) is 18.0 Å². The molecule has 136 valence electrons. The molecule has 4 aromatic rings. The van der Waals surface area contributed by atoms with Crippen molar-refractivity contribution in [2.45, 2.75) is 31.7 Å². The van der Waals surface area contributed by atoms with Crippen LogP contribution in [0.1, 0.15) is 22.4 Å². The number of fused-ring (bicyclic) bond motifs is 1. The highest BCUT2D eigenvalue weighted by molar-refractivity contribution is 7.98. The van der Waals surface area contributed by atoms with Crippen molar-refractivity contribution in [2.24, 2.45) is 0 Å². The molecule has 0 aliphatic carbocycles. The van der Waals surface area contributed by atoms with Crippen molar-refractivity contribution in [1.29, 1.82) is 0 Å². The average Bonchev–Trinajstić information content (AvgIpc) is 3.09. The molecule has 0 aliphatic rings. The van der Waals surface area contributed by atoms with Gasteiger partial charge in [0.25, 0.3) is 5.56 Å². The standard InChI is InChI=1S/C19H18N6OS/c1-12-6-4-7-13(2)17(12)25-19(21-22-23-25)27-11-15-10-16(26)24-9-5-8-14(3)18(24)20-15/h4-10H,11H2,1-3H3. The van der Waals surface area contributed by atoms with Crippen molar-refractivity contribution >= 4 is 17.4 Å². The topological polar surface area (TPSA) is 78.0 Å². The van der Waals surface area contributed by atoms with Crippen LogP contribution in [0.2, 0.25) is 0 Å². The number of para-hydroxylation sites is 1. The molecule has 7 nitrogen and oxygen atoms in total. The molecule has 0 radical (unpaired) electrons. The fraction of sp³-hybridized carbons (Fsp3) is 0.211. The maximum absolute atomic E-state index is 12.4. The fourth-order valence-corrected chi connectivity index (χ4v) is 3.84. The van der Waals surface area contributed by atoms with Crippen LogP contribution >= 0.6 is 11.8 Å². The van der Waals surface area contributed by atoms with Crippen LogP contribution in [0.15, 0.2) is 52.5 Å². The van der Waals surface area contributed by atoms with Crippen molar-refractivity contribution in [3.63, 3.8) is 0 Å². The van der Waals surface area contributed by atoms with E-state index in [1.54, 1.807) is 21.3 Å². The summed E-state index contributed by atoms with van der Waals surface area (Å²) >= 11 is 1.46. The third-order valence-electron chi connectivity index (χ3n) is 4.38. The van der Waals surface area contributed by atoms with E-state index in [4.69, 9.17) is 0 Å². The van der Waals surface area contributed by atoms with Crippen molar-refractivity contribution in [2.75, 3.05) is 0 Å². The first kappa shape index (κ1) is 17.4. The summed E-state index contributed by atoms with van der Waals surface area (Å²) < 4.78 is 3.30. The van der Waals surface area contributed by atoms with Gasteiger partial charge in [-0.15, -0.1) is 5.10 Å². The van der Waals surface area contributed by atoms with Crippen LogP contribution in [0.5, 0.6) is 0 Å². The van der Waals surface area contributed by atoms with E-state index in [9.17, 15) is 4.79 Å². The SMILES string of the molecule is Cc1cccc(C)c1-n1nnnc1SCc1cc(=O)n2cccc(C)c2n1. The number of rotatable bonds is 4. The van der Waals surface area contributed by atoms with Gasteiger partial charge in [-0.05, 0) is 54.0 Å². The Labute approximate surface area is 160 Å². The zero-order valence-electron chi connectivity index (χ0n) is 15.2. The lowest BCUT2D eigenvalue weighted by Gasteiger charge is -2.10. The van der Waals surface area contributed by atoms with Crippen LogP contribution in [0.4, 0.5) is 0 Å². The van der Waals surface area contributed by atoms with E-state index in [1.165, 1.54) is 11.8 Å². The molecular formula is C19H18N6OS. The predicted molar refractivity (Wildman–Crippen MR) is 104 cm³/mol. The third-order valence-corrected chi connectivity index (χ3v) is 5.33. The maximum atomic E-state index is 12.4. The van der Waals surface area contributed by atoms with Gasteiger partial charge in [-0.2, -0.15) is 4.68 Å². The van der Waals surface area contributed by atoms with Crippen LogP contribution in [-0.4, -0.2) is 29.6 Å². The number of hydrogen-bond acceptors (Lipinski definition) is 6. The lowest BCUT2D eigenvalue weighted by Crippen LogP contribution is -2.15. The van der Waals surface area contributed by atoms with E-state index in [-0.39, 0.29) is 5.56 Å². The van der Waals surface area contributed by atoms with Gasteiger partial charge in [0.1, 0.15) is 5.65 Å². The van der Waals surface area contributed by atoms with Gasteiger partial charge >= 0.3 is 0 Å². The van der Waals surface area contributed by atoms with Crippen LogP contribution < -0.4 is 5.56 Å². The number of tetrazole rings is 1. The summed E-state index contributed by atoms with van der Waals surface area (Å²) in [6, 6.07) is 11.4. The molecule has 3 heterocycles. The van der Waals surface area contributed by atoms with E-state index in [0.717, 1.165) is 22.4 Å².